The summed E-state index contributed by atoms with van der Waals surface area (Å²) in [6.45, 7) is 0. The molecule has 0 atom stereocenters. The van der Waals surface area contributed by atoms with E-state index in [9.17, 15) is 0 Å². The third-order valence-corrected chi connectivity index (χ3v) is 3.26. The molecule has 72 valence electrons. The Kier molecular flexibility index (Phi) is 2.99. The first kappa shape index (κ1) is 9.88. The number of nitrogens with two attached hydrogens (primary N) is 1. The van der Waals surface area contributed by atoms with Crippen molar-refractivity contribution < 1.29 is 0 Å². The van der Waals surface area contributed by atoms with E-state index >= 15 is 0 Å². The molecule has 0 fully saturated rings. The summed E-state index contributed by atoms with van der Waals surface area (Å²) >= 11 is 3.78. The fourth-order valence-electron chi connectivity index (χ4n) is 1.09. The van der Waals surface area contributed by atoms with Crippen LogP contribution in [0.5, 0.6) is 0 Å². The van der Waals surface area contributed by atoms with E-state index in [2.05, 4.69) is 57.3 Å². The average molecular weight is 317 g/mol. The molecule has 0 aliphatic carbocycles. The van der Waals surface area contributed by atoms with Gasteiger partial charge in [-0.15, -0.1) is 11.3 Å². The number of thiazole rings is 1. The smallest absolute Gasteiger partial charge is 0.197 e. The van der Waals surface area contributed by atoms with Crippen LogP contribution >= 0.6 is 33.9 Å². The number of benzene rings is 1. The zero-order valence-corrected chi connectivity index (χ0v) is 10.2. The Bertz CT molecular complexity index is 424. The van der Waals surface area contributed by atoms with Crippen LogP contribution in [0.3, 0.4) is 0 Å². The summed E-state index contributed by atoms with van der Waals surface area (Å²) in [6, 6.07) is 8.23. The highest BCUT2D eigenvalue weighted by Crippen LogP contribution is 2.24. The Hall–Kier alpha value is -0.660. The summed E-state index contributed by atoms with van der Waals surface area (Å²) in [4.78, 5) is 4.31. The molecule has 0 aliphatic rings. The maximum absolute atomic E-state index is 5.26. The molecule has 0 amide bonds. The lowest BCUT2D eigenvalue weighted by Gasteiger charge is -1.96. The second kappa shape index (κ2) is 4.24. The monoisotopic (exact) mass is 317 g/mol. The molecular formula is C9H8IN3S. The first-order chi connectivity index (χ1) is 6.79. The van der Waals surface area contributed by atoms with E-state index in [1.165, 1.54) is 14.9 Å². The van der Waals surface area contributed by atoms with E-state index in [0.717, 1.165) is 16.4 Å². The highest BCUT2D eigenvalue weighted by atomic mass is 127. The van der Waals surface area contributed by atoms with Gasteiger partial charge in [0.1, 0.15) is 0 Å². The lowest BCUT2D eigenvalue weighted by molar-refractivity contribution is 1.29. The molecule has 0 unspecified atom stereocenters. The van der Waals surface area contributed by atoms with Crippen LogP contribution in [0.4, 0.5) is 5.13 Å². The van der Waals surface area contributed by atoms with E-state index in [-0.39, 0.29) is 0 Å². The van der Waals surface area contributed by atoms with Crippen molar-refractivity contribution in [2.24, 2.45) is 5.84 Å². The summed E-state index contributed by atoms with van der Waals surface area (Å²) in [5, 5.41) is 2.72. The number of aromatic nitrogens is 1. The molecule has 2 aromatic rings. The fraction of sp³-hybridized carbons (Fsp3) is 0. The molecule has 14 heavy (non-hydrogen) atoms. The Morgan fingerprint density at radius 1 is 1.29 bits per heavy atom. The maximum atomic E-state index is 5.26. The van der Waals surface area contributed by atoms with Gasteiger partial charge in [0.2, 0.25) is 0 Å². The highest BCUT2D eigenvalue weighted by Gasteiger charge is 2.02. The molecule has 1 aromatic carbocycles. The van der Waals surface area contributed by atoms with Gasteiger partial charge in [-0.25, -0.2) is 10.8 Å². The molecule has 0 aliphatic heterocycles. The molecule has 5 heteroatoms. The number of nitrogens with one attached hydrogen (secondary N) is 1. The minimum atomic E-state index is 0.735. The SMILES string of the molecule is NNc1nc(-c2ccc(I)cc2)cs1. The van der Waals surface area contributed by atoms with Gasteiger partial charge in [0.25, 0.3) is 0 Å². The van der Waals surface area contributed by atoms with Gasteiger partial charge in [0.05, 0.1) is 5.69 Å². The van der Waals surface area contributed by atoms with Crippen molar-refractivity contribution in [1.29, 1.82) is 0 Å². The average Bonchev–Trinajstić information content (AvgIpc) is 2.67. The molecule has 0 saturated heterocycles. The molecule has 0 spiro atoms. The van der Waals surface area contributed by atoms with Gasteiger partial charge in [-0.2, -0.15) is 0 Å². The normalized spacial score (nSPS) is 10.1. The molecular weight excluding hydrogens is 309 g/mol. The summed E-state index contributed by atoms with van der Waals surface area (Å²) in [7, 11) is 0. The van der Waals surface area contributed by atoms with Crippen LogP contribution < -0.4 is 11.3 Å². The Morgan fingerprint density at radius 3 is 2.57 bits per heavy atom. The van der Waals surface area contributed by atoms with Crippen LogP contribution in [0.15, 0.2) is 29.6 Å². The molecule has 0 radical (unpaired) electrons. The Morgan fingerprint density at radius 2 is 2.00 bits per heavy atom. The van der Waals surface area contributed by atoms with Crippen molar-refractivity contribution in [3.8, 4) is 11.3 Å². The van der Waals surface area contributed by atoms with Gasteiger partial charge in [0.15, 0.2) is 5.13 Å². The molecule has 1 heterocycles. The Labute approximate surface area is 99.5 Å². The number of nitrogen functional groups attached to an aromatic ring is 1. The number of nitrogens with zero attached hydrogens (tertiary/aromatic N) is 1. The molecule has 1 aromatic heterocycles. The number of hydrogen-bond donors (Lipinski definition) is 2. The number of anilines is 1. The molecule has 2 rings (SSSR count). The van der Waals surface area contributed by atoms with Crippen molar-refractivity contribution in [2.45, 2.75) is 0 Å². The van der Waals surface area contributed by atoms with E-state index in [0.29, 0.717) is 0 Å². The highest BCUT2D eigenvalue weighted by molar-refractivity contribution is 14.1. The molecule has 0 bridgehead atoms. The van der Waals surface area contributed by atoms with E-state index in [1.54, 1.807) is 0 Å². The summed E-state index contributed by atoms with van der Waals surface area (Å²) in [6.07, 6.45) is 0. The van der Waals surface area contributed by atoms with Gasteiger partial charge >= 0.3 is 0 Å². The van der Waals surface area contributed by atoms with Crippen LogP contribution in [-0.4, -0.2) is 4.98 Å². The van der Waals surface area contributed by atoms with Crippen molar-refractivity contribution >= 4 is 39.1 Å². The standard InChI is InChI=1S/C9H8IN3S/c10-7-3-1-6(2-4-7)8-5-14-9(12-8)13-11/h1-5H,11H2,(H,12,13). The number of hydrazine groups is 1. The lowest BCUT2D eigenvalue weighted by Crippen LogP contribution is -2.05. The predicted molar refractivity (Wildman–Crippen MR) is 68.1 cm³/mol. The zero-order chi connectivity index (χ0) is 9.97. The van der Waals surface area contributed by atoms with Crippen LogP contribution in [-0.2, 0) is 0 Å². The van der Waals surface area contributed by atoms with Gasteiger partial charge in [0, 0.05) is 14.5 Å². The molecule has 0 saturated carbocycles. The van der Waals surface area contributed by atoms with Gasteiger partial charge in [-0.05, 0) is 34.7 Å². The molecule has 3 N–H and O–H groups in total. The zero-order valence-electron chi connectivity index (χ0n) is 7.20. The van der Waals surface area contributed by atoms with Crippen molar-refractivity contribution in [2.75, 3.05) is 5.43 Å². The first-order valence-electron chi connectivity index (χ1n) is 3.97. The fourth-order valence-corrected chi connectivity index (χ4v) is 2.08. The minimum absolute atomic E-state index is 0.735. The third kappa shape index (κ3) is 2.05. The first-order valence-corrected chi connectivity index (χ1v) is 5.93. The van der Waals surface area contributed by atoms with Crippen molar-refractivity contribution in [3.05, 3.63) is 33.2 Å². The summed E-state index contributed by atoms with van der Waals surface area (Å²) in [5.74, 6) is 5.26. The topological polar surface area (TPSA) is 50.9 Å². The van der Waals surface area contributed by atoms with Crippen LogP contribution in [0, 0.1) is 3.57 Å². The number of rotatable bonds is 2. The third-order valence-electron chi connectivity index (χ3n) is 1.77. The van der Waals surface area contributed by atoms with Crippen molar-refractivity contribution in [3.63, 3.8) is 0 Å². The van der Waals surface area contributed by atoms with Gasteiger partial charge < -0.3 is 0 Å². The van der Waals surface area contributed by atoms with E-state index in [1.807, 2.05) is 5.38 Å². The number of hydrogen-bond acceptors (Lipinski definition) is 4. The van der Waals surface area contributed by atoms with E-state index in [4.69, 9.17) is 5.84 Å². The predicted octanol–water partition coefficient (Wildman–Crippen LogP) is 2.70. The summed E-state index contributed by atoms with van der Waals surface area (Å²) < 4.78 is 1.22. The maximum Gasteiger partial charge on any atom is 0.197 e. The minimum Gasteiger partial charge on any atom is -0.300 e. The van der Waals surface area contributed by atoms with Gasteiger partial charge in [-0.3, -0.25) is 5.43 Å². The number of halogens is 1. The van der Waals surface area contributed by atoms with E-state index < -0.39 is 0 Å². The Balaban J connectivity index is 2.34. The van der Waals surface area contributed by atoms with Crippen LogP contribution in [0.25, 0.3) is 11.3 Å². The second-order valence-electron chi connectivity index (χ2n) is 2.69. The lowest BCUT2D eigenvalue weighted by atomic mass is 10.2. The second-order valence-corrected chi connectivity index (χ2v) is 4.79. The van der Waals surface area contributed by atoms with Crippen molar-refractivity contribution in [1.82, 2.24) is 4.98 Å². The van der Waals surface area contributed by atoms with Gasteiger partial charge in [-0.1, -0.05) is 12.1 Å². The summed E-state index contributed by atoms with van der Waals surface area (Å²) in [5.41, 5.74) is 4.61. The molecule has 3 nitrogen and oxygen atoms in total. The van der Waals surface area contributed by atoms with Crippen LogP contribution in [0.2, 0.25) is 0 Å². The quantitative estimate of drug-likeness (QED) is 0.509. The van der Waals surface area contributed by atoms with Crippen LogP contribution in [0.1, 0.15) is 0 Å². The largest absolute Gasteiger partial charge is 0.300 e.